The average molecular weight is 340 g/mol. The van der Waals surface area contributed by atoms with Gasteiger partial charge in [-0.25, -0.2) is 8.42 Å². The van der Waals surface area contributed by atoms with Crippen molar-refractivity contribution in [2.45, 2.75) is 32.1 Å². The fourth-order valence-corrected chi connectivity index (χ4v) is 4.79. The Balaban J connectivity index is 2.37. The van der Waals surface area contributed by atoms with Gasteiger partial charge in [0.25, 0.3) is 0 Å². The summed E-state index contributed by atoms with van der Waals surface area (Å²) in [6, 6.07) is 4.54. The summed E-state index contributed by atoms with van der Waals surface area (Å²) < 4.78 is 32.5. The van der Waals surface area contributed by atoms with E-state index in [2.05, 4.69) is 19.2 Å². The summed E-state index contributed by atoms with van der Waals surface area (Å²) in [5.41, 5.74) is 0.360. The second-order valence-corrected chi connectivity index (χ2v) is 8.25. The number of carbonyl (C=O) groups is 1. The Kier molecular flexibility index (Phi) is 5.31. The molecular formula is C16H24N2O4S. The number of ether oxygens (including phenoxy) is 1. The molecule has 0 spiro atoms. The summed E-state index contributed by atoms with van der Waals surface area (Å²) in [5.74, 6) is 0.820. The zero-order valence-electron chi connectivity index (χ0n) is 14.0. The highest BCUT2D eigenvalue weighted by molar-refractivity contribution is 7.89. The summed E-state index contributed by atoms with van der Waals surface area (Å²) in [7, 11) is -2.11. The van der Waals surface area contributed by atoms with Gasteiger partial charge in [0.15, 0.2) is 0 Å². The van der Waals surface area contributed by atoms with Crippen LogP contribution in [0.1, 0.15) is 27.2 Å². The summed E-state index contributed by atoms with van der Waals surface area (Å²) in [6.07, 6.45) is 1.03. The van der Waals surface area contributed by atoms with Crippen molar-refractivity contribution in [1.29, 1.82) is 0 Å². The molecule has 7 heteroatoms. The lowest BCUT2D eigenvalue weighted by Crippen LogP contribution is -2.42. The molecule has 0 aliphatic carbocycles. The Morgan fingerprint density at radius 3 is 2.39 bits per heavy atom. The molecule has 2 rings (SSSR count). The number of rotatable bonds is 4. The maximum absolute atomic E-state index is 12.9. The van der Waals surface area contributed by atoms with Gasteiger partial charge in [0.1, 0.15) is 5.75 Å². The van der Waals surface area contributed by atoms with E-state index in [-0.39, 0.29) is 10.8 Å². The smallest absolute Gasteiger partial charge is 0.243 e. The van der Waals surface area contributed by atoms with Crippen molar-refractivity contribution in [1.82, 2.24) is 4.31 Å². The Bertz CT molecular complexity index is 677. The Hall–Kier alpha value is -1.60. The van der Waals surface area contributed by atoms with Crippen LogP contribution in [0.4, 0.5) is 5.69 Å². The molecule has 0 radical (unpaired) electrons. The van der Waals surface area contributed by atoms with Gasteiger partial charge < -0.3 is 10.1 Å². The third-order valence-corrected chi connectivity index (χ3v) is 5.78. The van der Waals surface area contributed by atoms with Crippen LogP contribution in [0.3, 0.4) is 0 Å². The summed E-state index contributed by atoms with van der Waals surface area (Å²) in [5, 5.41) is 2.61. The molecule has 1 aliphatic rings. The molecule has 1 amide bonds. The normalized spacial score (nSPS) is 22.6. The topological polar surface area (TPSA) is 75.7 Å². The molecule has 1 saturated heterocycles. The number of benzene rings is 1. The van der Waals surface area contributed by atoms with Gasteiger partial charge in [-0.05, 0) is 36.5 Å². The van der Waals surface area contributed by atoms with Gasteiger partial charge in [-0.1, -0.05) is 13.8 Å². The van der Waals surface area contributed by atoms with E-state index >= 15 is 0 Å². The molecule has 23 heavy (non-hydrogen) atoms. The van der Waals surface area contributed by atoms with E-state index in [0.717, 1.165) is 6.42 Å². The minimum Gasteiger partial charge on any atom is -0.495 e. The highest BCUT2D eigenvalue weighted by Gasteiger charge is 2.32. The van der Waals surface area contributed by atoms with Crippen LogP contribution in [0.25, 0.3) is 0 Å². The Morgan fingerprint density at radius 2 is 1.87 bits per heavy atom. The predicted octanol–water partition coefficient (Wildman–Crippen LogP) is 2.32. The first-order valence-corrected chi connectivity index (χ1v) is 9.13. The van der Waals surface area contributed by atoms with Crippen molar-refractivity contribution in [2.24, 2.45) is 11.8 Å². The number of piperidine rings is 1. The highest BCUT2D eigenvalue weighted by Crippen LogP contribution is 2.31. The number of sulfonamides is 1. The maximum atomic E-state index is 12.9. The van der Waals surface area contributed by atoms with Crippen molar-refractivity contribution in [3.63, 3.8) is 0 Å². The first kappa shape index (κ1) is 17.7. The zero-order chi connectivity index (χ0) is 17.2. The number of hydrogen-bond donors (Lipinski definition) is 1. The van der Waals surface area contributed by atoms with E-state index in [4.69, 9.17) is 4.74 Å². The van der Waals surface area contributed by atoms with E-state index < -0.39 is 10.0 Å². The third-order valence-electron chi connectivity index (χ3n) is 3.95. The van der Waals surface area contributed by atoms with E-state index in [9.17, 15) is 13.2 Å². The van der Waals surface area contributed by atoms with Crippen molar-refractivity contribution in [3.05, 3.63) is 18.2 Å². The van der Waals surface area contributed by atoms with Gasteiger partial charge in [-0.2, -0.15) is 4.31 Å². The monoisotopic (exact) mass is 340 g/mol. The molecule has 1 aliphatic heterocycles. The fraction of sp³-hybridized carbons (Fsp3) is 0.562. The summed E-state index contributed by atoms with van der Waals surface area (Å²) in [6.45, 7) is 6.54. The number of methoxy groups -OCH3 is 1. The molecule has 1 heterocycles. The van der Waals surface area contributed by atoms with Crippen LogP contribution in [0, 0.1) is 11.8 Å². The minimum absolute atomic E-state index is 0.170. The Labute approximate surface area is 137 Å². The number of amides is 1. The molecule has 1 fully saturated rings. The van der Waals surface area contributed by atoms with Crippen LogP contribution < -0.4 is 10.1 Å². The number of nitrogens with one attached hydrogen (secondary N) is 1. The van der Waals surface area contributed by atoms with Crippen molar-refractivity contribution in [3.8, 4) is 5.75 Å². The van der Waals surface area contributed by atoms with Crippen molar-refractivity contribution < 1.29 is 17.9 Å². The largest absolute Gasteiger partial charge is 0.495 e. The molecule has 1 aromatic carbocycles. The van der Waals surface area contributed by atoms with Crippen LogP contribution in [-0.4, -0.2) is 38.8 Å². The van der Waals surface area contributed by atoms with Gasteiger partial charge in [-0.15, -0.1) is 0 Å². The number of nitrogens with zero attached hydrogens (tertiary/aromatic N) is 1. The van der Waals surface area contributed by atoms with Gasteiger partial charge >= 0.3 is 0 Å². The van der Waals surface area contributed by atoms with Crippen LogP contribution in [-0.2, 0) is 14.8 Å². The van der Waals surface area contributed by atoms with E-state index in [1.54, 1.807) is 6.07 Å². The number of anilines is 1. The standard InChI is InChI=1S/C16H24N2O4S/c1-11-7-12(2)10-18(9-11)23(20,21)14-5-6-16(22-4)15(8-14)17-13(3)19/h5-6,8,11-12H,7,9-10H2,1-4H3,(H,17,19)/t11-,12+. The van der Waals surface area contributed by atoms with Gasteiger partial charge in [0, 0.05) is 20.0 Å². The van der Waals surface area contributed by atoms with E-state index in [1.807, 2.05) is 0 Å². The molecule has 1 aromatic rings. The SMILES string of the molecule is COc1ccc(S(=O)(=O)N2C[C@H](C)C[C@H](C)C2)cc1NC(C)=O. The van der Waals surface area contributed by atoms with E-state index in [1.165, 1.54) is 30.5 Å². The average Bonchev–Trinajstić information content (AvgIpc) is 2.45. The lowest BCUT2D eigenvalue weighted by atomic mass is 9.94. The van der Waals surface area contributed by atoms with Crippen LogP contribution in [0.15, 0.2) is 23.1 Å². The second-order valence-electron chi connectivity index (χ2n) is 6.31. The maximum Gasteiger partial charge on any atom is 0.243 e. The van der Waals surface area contributed by atoms with Gasteiger partial charge in [-0.3, -0.25) is 4.79 Å². The number of carbonyl (C=O) groups excluding carboxylic acids is 1. The molecule has 0 unspecified atom stereocenters. The van der Waals surface area contributed by atoms with Gasteiger partial charge in [0.05, 0.1) is 17.7 Å². The lowest BCUT2D eigenvalue weighted by molar-refractivity contribution is -0.114. The Morgan fingerprint density at radius 1 is 1.26 bits per heavy atom. The van der Waals surface area contributed by atoms with E-state index in [0.29, 0.717) is 36.4 Å². The molecular weight excluding hydrogens is 316 g/mol. The lowest BCUT2D eigenvalue weighted by Gasteiger charge is -2.34. The molecule has 2 atom stereocenters. The molecule has 6 nitrogen and oxygen atoms in total. The van der Waals surface area contributed by atoms with Crippen molar-refractivity contribution >= 4 is 21.6 Å². The summed E-state index contributed by atoms with van der Waals surface area (Å²) in [4.78, 5) is 11.5. The molecule has 1 N–H and O–H groups in total. The number of hydrogen-bond acceptors (Lipinski definition) is 4. The first-order valence-electron chi connectivity index (χ1n) is 7.69. The molecule has 0 saturated carbocycles. The predicted molar refractivity (Wildman–Crippen MR) is 89.0 cm³/mol. The second kappa shape index (κ2) is 6.88. The van der Waals surface area contributed by atoms with Crippen LogP contribution in [0.5, 0.6) is 5.75 Å². The first-order chi connectivity index (χ1) is 10.7. The fourth-order valence-electron chi connectivity index (χ4n) is 3.09. The highest BCUT2D eigenvalue weighted by atomic mass is 32.2. The van der Waals surface area contributed by atoms with Crippen LogP contribution >= 0.6 is 0 Å². The van der Waals surface area contributed by atoms with Crippen LogP contribution in [0.2, 0.25) is 0 Å². The summed E-state index contributed by atoms with van der Waals surface area (Å²) >= 11 is 0. The van der Waals surface area contributed by atoms with Crippen molar-refractivity contribution in [2.75, 3.05) is 25.5 Å². The van der Waals surface area contributed by atoms with Gasteiger partial charge in [0.2, 0.25) is 15.9 Å². The third kappa shape index (κ3) is 4.03. The molecule has 0 bridgehead atoms. The minimum atomic E-state index is -3.58. The molecule has 128 valence electrons. The zero-order valence-corrected chi connectivity index (χ0v) is 14.8. The quantitative estimate of drug-likeness (QED) is 0.913. The molecule has 0 aromatic heterocycles.